The van der Waals surface area contributed by atoms with Gasteiger partial charge in [0.05, 0.1) is 0 Å². The topological polar surface area (TPSA) is 0 Å². The van der Waals surface area contributed by atoms with Gasteiger partial charge in [0.25, 0.3) is 0 Å². The van der Waals surface area contributed by atoms with E-state index in [9.17, 15) is 0 Å². The number of hydrogen-bond donors (Lipinski definition) is 0. The molecule has 0 aliphatic heterocycles. The molecule has 0 saturated carbocycles. The molecule has 0 nitrogen and oxygen atoms in total. The minimum Gasteiger partial charge on any atom is -0.0776 e. The summed E-state index contributed by atoms with van der Waals surface area (Å²) in [6, 6.07) is 18.3. The molecule has 0 fully saturated rings. The zero-order valence-corrected chi connectivity index (χ0v) is 8.48. The van der Waals surface area contributed by atoms with Crippen LogP contribution in [0.3, 0.4) is 0 Å². The fourth-order valence-electron chi connectivity index (χ4n) is 1.43. The minimum absolute atomic E-state index is 0.393. The molecule has 1 heteroatoms. The minimum atomic E-state index is -0.393. The monoisotopic (exact) mass is 184 g/mol. The lowest BCUT2D eigenvalue weighted by Gasteiger charge is -1.99. The average Bonchev–Trinajstić information content (AvgIpc) is 2.21. The smallest absolute Gasteiger partial charge is 0.0415 e. The van der Waals surface area contributed by atoms with Gasteiger partial charge in [0.15, 0.2) is 0 Å². The molecular weight excluding hydrogens is 172 g/mol. The van der Waals surface area contributed by atoms with E-state index in [1.165, 1.54) is 11.6 Å². The van der Waals surface area contributed by atoms with E-state index in [-0.39, 0.29) is 0 Å². The Morgan fingerprint density at radius 2 is 1.38 bits per heavy atom. The number of benzene rings is 1. The van der Waals surface area contributed by atoms with Crippen LogP contribution in [0.2, 0.25) is 0 Å². The van der Waals surface area contributed by atoms with E-state index in [1.807, 2.05) is 0 Å². The lowest BCUT2D eigenvalue weighted by molar-refractivity contribution is 1.38. The molecule has 1 aromatic heterocycles. The number of hydrogen-bond acceptors (Lipinski definition) is 0. The molecule has 0 saturated heterocycles. The molecule has 2 rings (SSSR count). The van der Waals surface area contributed by atoms with Crippen LogP contribution in [0.15, 0.2) is 59.9 Å². The van der Waals surface area contributed by atoms with Crippen LogP contribution in [0.4, 0.5) is 0 Å². The van der Waals surface area contributed by atoms with Crippen molar-refractivity contribution in [1.82, 2.24) is 0 Å². The molecule has 64 valence electrons. The van der Waals surface area contributed by atoms with Crippen LogP contribution in [0.5, 0.6) is 0 Å². The third-order valence-electron chi connectivity index (χ3n) is 2.09. The average molecular weight is 184 g/mol. The molecular formula is C12H12Si. The van der Waals surface area contributed by atoms with Gasteiger partial charge in [0.1, 0.15) is 0 Å². The molecule has 0 aliphatic rings. The summed E-state index contributed by atoms with van der Waals surface area (Å²) in [5.41, 5.74) is 6.14. The molecule has 1 aromatic carbocycles. The molecule has 0 N–H and O–H groups in total. The first kappa shape index (κ1) is 8.39. The van der Waals surface area contributed by atoms with Gasteiger partial charge in [0, 0.05) is 8.40 Å². The van der Waals surface area contributed by atoms with Crippen LogP contribution >= 0.6 is 0 Å². The first-order chi connectivity index (χ1) is 6.45. The summed E-state index contributed by atoms with van der Waals surface area (Å²) < 4.78 is 0. The molecule has 1 heterocycles. The van der Waals surface area contributed by atoms with Crippen LogP contribution < -0.4 is 0 Å². The second-order valence-corrected chi connectivity index (χ2v) is 5.32. The third-order valence-corrected chi connectivity index (χ3v) is 4.15. The quantitative estimate of drug-likeness (QED) is 0.630. The van der Waals surface area contributed by atoms with Crippen molar-refractivity contribution in [2.75, 3.05) is 0 Å². The van der Waals surface area contributed by atoms with Crippen LogP contribution in [0.25, 0.3) is 0 Å². The van der Waals surface area contributed by atoms with Crippen LogP contribution in [-0.4, -0.2) is 8.40 Å². The summed E-state index contributed by atoms with van der Waals surface area (Å²) in [4.78, 5) is 0. The predicted octanol–water partition coefficient (Wildman–Crippen LogP) is 2.76. The van der Waals surface area contributed by atoms with Gasteiger partial charge in [-0.1, -0.05) is 59.9 Å². The van der Waals surface area contributed by atoms with Crippen LogP contribution in [0.1, 0.15) is 5.56 Å². The summed E-state index contributed by atoms with van der Waals surface area (Å²) in [5.74, 6) is 0. The maximum Gasteiger partial charge on any atom is 0.0415 e. The van der Waals surface area contributed by atoms with Crippen molar-refractivity contribution in [3.05, 3.63) is 65.4 Å². The van der Waals surface area contributed by atoms with Gasteiger partial charge in [-0.25, -0.2) is 0 Å². The molecule has 13 heavy (non-hydrogen) atoms. The van der Waals surface area contributed by atoms with E-state index in [2.05, 4.69) is 59.9 Å². The molecule has 0 aliphatic carbocycles. The van der Waals surface area contributed by atoms with Crippen molar-refractivity contribution in [1.29, 1.82) is 0 Å². The van der Waals surface area contributed by atoms with E-state index in [0.29, 0.717) is 0 Å². The van der Waals surface area contributed by atoms with Gasteiger partial charge < -0.3 is 0 Å². The Hall–Kier alpha value is -1.21. The lowest BCUT2D eigenvalue weighted by Crippen LogP contribution is -1.99. The van der Waals surface area contributed by atoms with Gasteiger partial charge in [-0.3, -0.25) is 0 Å². The summed E-state index contributed by atoms with van der Waals surface area (Å²) >= 11 is 0. The summed E-state index contributed by atoms with van der Waals surface area (Å²) in [6.45, 7) is 0. The second-order valence-electron chi connectivity index (χ2n) is 3.15. The zero-order valence-electron chi connectivity index (χ0n) is 7.48. The van der Waals surface area contributed by atoms with Crippen molar-refractivity contribution >= 4 is 8.40 Å². The van der Waals surface area contributed by atoms with Gasteiger partial charge in [0.2, 0.25) is 0 Å². The first-order valence-electron chi connectivity index (χ1n) is 4.53. The van der Waals surface area contributed by atoms with E-state index >= 15 is 0 Å². The molecule has 2 aromatic rings. The van der Waals surface area contributed by atoms with Crippen molar-refractivity contribution in [2.24, 2.45) is 0 Å². The molecule has 0 amide bonds. The van der Waals surface area contributed by atoms with E-state index in [1.54, 1.807) is 0 Å². The maximum atomic E-state index is 2.34. The number of rotatable bonds is 2. The predicted molar refractivity (Wildman–Crippen MR) is 57.9 cm³/mol. The molecule has 0 atom stereocenters. The Balaban J connectivity index is 2.16. The lowest BCUT2D eigenvalue weighted by atomic mass is 10.2. The Bertz CT molecular complexity index is 316. The maximum absolute atomic E-state index is 2.34. The first-order valence-corrected chi connectivity index (χ1v) is 6.39. The third kappa shape index (κ3) is 2.36. The van der Waals surface area contributed by atoms with Crippen LogP contribution in [0, 0.1) is 0 Å². The molecule has 0 spiro atoms. The largest absolute Gasteiger partial charge is 0.0776 e. The Morgan fingerprint density at radius 3 is 2.08 bits per heavy atom. The Kier molecular flexibility index (Phi) is 2.67. The van der Waals surface area contributed by atoms with Crippen molar-refractivity contribution in [2.45, 2.75) is 6.04 Å². The van der Waals surface area contributed by atoms with Crippen LogP contribution in [-0.2, 0) is 6.04 Å². The highest BCUT2D eigenvalue weighted by molar-refractivity contribution is 6.49. The van der Waals surface area contributed by atoms with E-state index < -0.39 is 8.40 Å². The van der Waals surface area contributed by atoms with Gasteiger partial charge in [-0.15, -0.1) is 0 Å². The highest BCUT2D eigenvalue weighted by atomic mass is 28.2. The standard InChI is InChI=1S/C12H12Si/c1-3-7-12(8-4-1)11-13-9-5-2-6-10-13/h1-10H,11H2. The summed E-state index contributed by atoms with van der Waals surface area (Å²) in [7, 11) is -0.393. The highest BCUT2D eigenvalue weighted by Gasteiger charge is 1.93. The van der Waals surface area contributed by atoms with E-state index in [4.69, 9.17) is 0 Å². The highest BCUT2D eigenvalue weighted by Crippen LogP contribution is 2.00. The molecule has 0 unspecified atom stereocenters. The summed E-state index contributed by atoms with van der Waals surface area (Å²) in [5, 5.41) is 0. The van der Waals surface area contributed by atoms with Crippen molar-refractivity contribution < 1.29 is 0 Å². The molecule has 0 bridgehead atoms. The SMILES string of the molecule is c1ccc(C[si]2ccccc2)cc1. The van der Waals surface area contributed by atoms with Gasteiger partial charge >= 0.3 is 0 Å². The normalized spacial score (nSPS) is 9.85. The van der Waals surface area contributed by atoms with Crippen molar-refractivity contribution in [3.8, 4) is 0 Å². The molecule has 0 radical (unpaired) electrons. The zero-order chi connectivity index (χ0) is 8.93. The van der Waals surface area contributed by atoms with Gasteiger partial charge in [-0.2, -0.15) is 0 Å². The second kappa shape index (κ2) is 4.15. The Labute approximate surface area is 80.4 Å². The van der Waals surface area contributed by atoms with Gasteiger partial charge in [-0.05, 0) is 11.6 Å². The Morgan fingerprint density at radius 1 is 0.769 bits per heavy atom. The fourth-order valence-corrected chi connectivity index (χ4v) is 3.20. The van der Waals surface area contributed by atoms with Crippen molar-refractivity contribution in [3.63, 3.8) is 0 Å². The fraction of sp³-hybridized carbons (Fsp3) is 0.0833. The van der Waals surface area contributed by atoms with E-state index in [0.717, 1.165) is 0 Å². The summed E-state index contributed by atoms with van der Waals surface area (Å²) in [6.07, 6.45) is 0.